The first-order valence-corrected chi connectivity index (χ1v) is 6.96. The predicted molar refractivity (Wildman–Crippen MR) is 78.5 cm³/mol. The van der Waals surface area contributed by atoms with E-state index in [1.54, 1.807) is 18.2 Å². The average molecular weight is 282 g/mol. The number of benzene rings is 1. The van der Waals surface area contributed by atoms with Crippen LogP contribution in [0, 0.1) is 0 Å². The highest BCUT2D eigenvalue weighted by molar-refractivity contribution is 6.34. The summed E-state index contributed by atoms with van der Waals surface area (Å²) in [5.74, 6) is -0.0605. The average Bonchev–Trinajstić information content (AvgIpc) is 2.39. The van der Waals surface area contributed by atoms with Gasteiger partial charge in [-0.25, -0.2) is 0 Å². The lowest BCUT2D eigenvalue weighted by Crippen LogP contribution is -2.53. The van der Waals surface area contributed by atoms with Gasteiger partial charge in [-0.3, -0.25) is 9.69 Å². The number of nitrogens with two attached hydrogens (primary N) is 1. The maximum atomic E-state index is 12.6. The van der Waals surface area contributed by atoms with E-state index < -0.39 is 0 Å². The molecule has 1 aliphatic heterocycles. The molecule has 5 heteroatoms. The highest BCUT2D eigenvalue weighted by Crippen LogP contribution is 2.25. The Morgan fingerprint density at radius 1 is 1.47 bits per heavy atom. The lowest BCUT2D eigenvalue weighted by atomic mass is 10.1. The fraction of sp³-hybridized carbons (Fsp3) is 0.500. The summed E-state index contributed by atoms with van der Waals surface area (Å²) in [4.78, 5) is 16.7. The Labute approximate surface area is 119 Å². The molecule has 1 aliphatic rings. The summed E-state index contributed by atoms with van der Waals surface area (Å²) in [5, 5.41) is 0.428. The first-order valence-electron chi connectivity index (χ1n) is 6.58. The number of anilines is 1. The van der Waals surface area contributed by atoms with Gasteiger partial charge in [-0.2, -0.15) is 0 Å². The number of amides is 1. The smallest absolute Gasteiger partial charge is 0.257 e. The number of rotatable bonds is 2. The second-order valence-electron chi connectivity index (χ2n) is 5.00. The third kappa shape index (κ3) is 2.85. The second kappa shape index (κ2) is 5.80. The third-order valence-corrected chi connectivity index (χ3v) is 4.11. The summed E-state index contributed by atoms with van der Waals surface area (Å²) in [6.45, 7) is 4.47. The maximum Gasteiger partial charge on any atom is 0.257 e. The molecule has 19 heavy (non-hydrogen) atoms. The van der Waals surface area contributed by atoms with Crippen molar-refractivity contribution < 1.29 is 4.79 Å². The van der Waals surface area contributed by atoms with Crippen LogP contribution in [0.15, 0.2) is 18.2 Å². The van der Waals surface area contributed by atoms with Crippen molar-refractivity contribution in [2.45, 2.75) is 19.4 Å². The topological polar surface area (TPSA) is 49.6 Å². The van der Waals surface area contributed by atoms with E-state index in [9.17, 15) is 4.79 Å². The normalized spacial score (nSPS) is 20.6. The predicted octanol–water partition coefficient (Wildman–Crippen LogP) is 2.09. The molecule has 0 bridgehead atoms. The molecule has 0 aromatic heterocycles. The van der Waals surface area contributed by atoms with Gasteiger partial charge in [0, 0.05) is 31.4 Å². The number of carbonyl (C=O) groups excluding carboxylic acids is 1. The van der Waals surface area contributed by atoms with Crippen molar-refractivity contribution in [1.29, 1.82) is 0 Å². The van der Waals surface area contributed by atoms with Gasteiger partial charge in [-0.05, 0) is 25.6 Å². The molecule has 2 N–H and O–H groups in total. The molecule has 1 heterocycles. The van der Waals surface area contributed by atoms with E-state index in [4.69, 9.17) is 17.3 Å². The number of nitrogen functional groups attached to an aromatic ring is 1. The number of hydrogen-bond acceptors (Lipinski definition) is 3. The lowest BCUT2D eigenvalue weighted by molar-refractivity contribution is 0.0543. The van der Waals surface area contributed by atoms with Crippen molar-refractivity contribution in [3.63, 3.8) is 0 Å². The van der Waals surface area contributed by atoms with Gasteiger partial charge in [0.15, 0.2) is 0 Å². The standard InChI is InChI=1S/C14H20ClN3O/c1-3-10-9-18(8-7-17(10)2)14(19)13-11(15)5-4-6-12(13)16/h4-6,10H,3,7-9,16H2,1-2H3. The number of halogens is 1. The fourth-order valence-corrected chi connectivity index (χ4v) is 2.76. The van der Waals surface area contributed by atoms with Gasteiger partial charge in [0.05, 0.1) is 10.6 Å². The highest BCUT2D eigenvalue weighted by atomic mass is 35.5. The molecule has 1 unspecified atom stereocenters. The molecule has 1 aromatic carbocycles. The van der Waals surface area contributed by atoms with Crippen LogP contribution in [-0.2, 0) is 0 Å². The van der Waals surface area contributed by atoms with E-state index >= 15 is 0 Å². The second-order valence-corrected chi connectivity index (χ2v) is 5.41. The molecule has 0 saturated carbocycles. The molecule has 1 saturated heterocycles. The van der Waals surface area contributed by atoms with Crippen molar-refractivity contribution in [3.05, 3.63) is 28.8 Å². The maximum absolute atomic E-state index is 12.6. The van der Waals surface area contributed by atoms with Crippen LogP contribution in [0.25, 0.3) is 0 Å². The molecule has 104 valence electrons. The van der Waals surface area contributed by atoms with Crippen molar-refractivity contribution in [2.75, 3.05) is 32.4 Å². The summed E-state index contributed by atoms with van der Waals surface area (Å²) < 4.78 is 0. The Hall–Kier alpha value is -1.26. The summed E-state index contributed by atoms with van der Waals surface area (Å²) in [7, 11) is 2.10. The molecular formula is C14H20ClN3O. The molecular weight excluding hydrogens is 262 g/mol. The zero-order chi connectivity index (χ0) is 14.0. The first-order chi connectivity index (χ1) is 9.04. The summed E-state index contributed by atoms with van der Waals surface area (Å²) in [6.07, 6.45) is 1.03. The Kier molecular flexibility index (Phi) is 4.32. The molecule has 1 amide bonds. The van der Waals surface area contributed by atoms with Crippen LogP contribution < -0.4 is 5.73 Å². The van der Waals surface area contributed by atoms with Gasteiger partial charge in [0.25, 0.3) is 5.91 Å². The Morgan fingerprint density at radius 3 is 2.84 bits per heavy atom. The Balaban J connectivity index is 2.20. The molecule has 0 spiro atoms. The van der Waals surface area contributed by atoms with Crippen molar-refractivity contribution in [3.8, 4) is 0 Å². The van der Waals surface area contributed by atoms with Crippen LogP contribution in [0.3, 0.4) is 0 Å². The summed E-state index contributed by atoms with van der Waals surface area (Å²) in [5.41, 5.74) is 6.76. The van der Waals surface area contributed by atoms with Crippen molar-refractivity contribution in [1.82, 2.24) is 9.80 Å². The monoisotopic (exact) mass is 281 g/mol. The van der Waals surface area contributed by atoms with Gasteiger partial charge < -0.3 is 10.6 Å². The minimum atomic E-state index is -0.0605. The molecule has 1 aromatic rings. The SMILES string of the molecule is CCC1CN(C(=O)c2c(N)cccc2Cl)CCN1C. The van der Waals surface area contributed by atoms with Gasteiger partial charge >= 0.3 is 0 Å². The van der Waals surface area contributed by atoms with E-state index in [0.29, 0.717) is 22.3 Å². The molecule has 1 fully saturated rings. The van der Waals surface area contributed by atoms with Crippen molar-refractivity contribution >= 4 is 23.2 Å². The minimum absolute atomic E-state index is 0.0605. The molecule has 0 aliphatic carbocycles. The van der Waals surface area contributed by atoms with E-state index in [-0.39, 0.29) is 5.91 Å². The molecule has 2 rings (SSSR count). The Morgan fingerprint density at radius 2 is 2.21 bits per heavy atom. The van der Waals surface area contributed by atoms with Crippen LogP contribution in [0.5, 0.6) is 0 Å². The number of nitrogens with zero attached hydrogens (tertiary/aromatic N) is 2. The van der Waals surface area contributed by atoms with E-state index in [1.165, 1.54) is 0 Å². The third-order valence-electron chi connectivity index (χ3n) is 3.80. The van der Waals surface area contributed by atoms with Crippen LogP contribution in [0.1, 0.15) is 23.7 Å². The number of hydrogen-bond donors (Lipinski definition) is 1. The zero-order valence-electron chi connectivity index (χ0n) is 11.4. The fourth-order valence-electron chi connectivity index (χ4n) is 2.50. The van der Waals surface area contributed by atoms with Gasteiger partial charge in [-0.15, -0.1) is 0 Å². The van der Waals surface area contributed by atoms with Gasteiger partial charge in [0.2, 0.25) is 0 Å². The van der Waals surface area contributed by atoms with E-state index in [0.717, 1.165) is 26.1 Å². The molecule has 4 nitrogen and oxygen atoms in total. The lowest BCUT2D eigenvalue weighted by Gasteiger charge is -2.39. The van der Waals surface area contributed by atoms with E-state index in [1.807, 2.05) is 4.90 Å². The number of piperazine rings is 1. The highest BCUT2D eigenvalue weighted by Gasteiger charge is 2.28. The van der Waals surface area contributed by atoms with E-state index in [2.05, 4.69) is 18.9 Å². The first kappa shape index (κ1) is 14.2. The largest absolute Gasteiger partial charge is 0.398 e. The zero-order valence-corrected chi connectivity index (χ0v) is 12.2. The molecule has 0 radical (unpaired) electrons. The van der Waals surface area contributed by atoms with Gasteiger partial charge in [0.1, 0.15) is 0 Å². The summed E-state index contributed by atoms with van der Waals surface area (Å²) in [6, 6.07) is 5.58. The van der Waals surface area contributed by atoms with Crippen LogP contribution in [-0.4, -0.2) is 48.4 Å². The van der Waals surface area contributed by atoms with Crippen LogP contribution in [0.4, 0.5) is 5.69 Å². The van der Waals surface area contributed by atoms with Crippen LogP contribution in [0.2, 0.25) is 5.02 Å². The summed E-state index contributed by atoms with van der Waals surface area (Å²) >= 11 is 6.10. The molecule has 1 atom stereocenters. The number of likely N-dealkylation sites (N-methyl/N-ethyl adjacent to an activating group) is 1. The quantitative estimate of drug-likeness (QED) is 0.845. The Bertz CT molecular complexity index is 458. The number of carbonyl (C=O) groups is 1. The van der Waals surface area contributed by atoms with Gasteiger partial charge in [-0.1, -0.05) is 24.6 Å². The van der Waals surface area contributed by atoms with Crippen LogP contribution >= 0.6 is 11.6 Å². The van der Waals surface area contributed by atoms with Crippen molar-refractivity contribution in [2.24, 2.45) is 0 Å². The minimum Gasteiger partial charge on any atom is -0.398 e.